The van der Waals surface area contributed by atoms with Crippen LogP contribution in [-0.2, 0) is 6.42 Å². The van der Waals surface area contributed by atoms with Crippen LogP contribution in [0.25, 0.3) is 0 Å². The zero-order valence-electron chi connectivity index (χ0n) is 10.2. The van der Waals surface area contributed by atoms with Crippen LogP contribution in [0.3, 0.4) is 0 Å². The summed E-state index contributed by atoms with van der Waals surface area (Å²) in [6.07, 6.45) is 1.57. The largest absolute Gasteiger partial charge is 0.338 e. The van der Waals surface area contributed by atoms with Gasteiger partial charge in [-0.2, -0.15) is 4.98 Å². The maximum atomic E-state index is 5.24. The first-order valence-corrected chi connectivity index (χ1v) is 6.51. The summed E-state index contributed by atoms with van der Waals surface area (Å²) in [7, 11) is 1.89. The molecule has 2 rings (SSSR count). The van der Waals surface area contributed by atoms with Gasteiger partial charge < -0.3 is 9.84 Å². The highest BCUT2D eigenvalue weighted by Crippen LogP contribution is 2.16. The first-order chi connectivity index (χ1) is 8.22. The van der Waals surface area contributed by atoms with Gasteiger partial charge in [0.05, 0.1) is 12.5 Å². The number of thiazole rings is 1. The highest BCUT2D eigenvalue weighted by atomic mass is 32.1. The van der Waals surface area contributed by atoms with Gasteiger partial charge in [-0.05, 0) is 20.4 Å². The number of nitrogens with zero attached hydrogens (tertiary/aromatic N) is 3. The summed E-state index contributed by atoms with van der Waals surface area (Å²) in [4.78, 5) is 8.76. The Morgan fingerprint density at radius 1 is 1.47 bits per heavy atom. The molecule has 2 heterocycles. The topological polar surface area (TPSA) is 63.8 Å². The predicted octanol–water partition coefficient (Wildman–Crippen LogP) is 2.10. The molecule has 2 aromatic heterocycles. The molecule has 1 unspecified atom stereocenters. The molecule has 1 N–H and O–H groups in total. The maximum Gasteiger partial charge on any atom is 0.243 e. The molecule has 0 saturated heterocycles. The van der Waals surface area contributed by atoms with Crippen LogP contribution in [-0.4, -0.2) is 22.2 Å². The van der Waals surface area contributed by atoms with E-state index in [2.05, 4.69) is 27.4 Å². The van der Waals surface area contributed by atoms with Gasteiger partial charge in [-0.25, -0.2) is 4.98 Å². The smallest absolute Gasteiger partial charge is 0.243 e. The minimum atomic E-state index is 0.134. The lowest BCUT2D eigenvalue weighted by Crippen LogP contribution is -2.15. The van der Waals surface area contributed by atoms with E-state index >= 15 is 0 Å². The van der Waals surface area contributed by atoms with Gasteiger partial charge in [-0.15, -0.1) is 11.3 Å². The van der Waals surface area contributed by atoms with Crippen molar-refractivity contribution in [3.63, 3.8) is 0 Å². The molecule has 0 fully saturated rings. The second-order valence-electron chi connectivity index (χ2n) is 3.86. The fourth-order valence-corrected chi connectivity index (χ4v) is 2.37. The van der Waals surface area contributed by atoms with Crippen molar-refractivity contribution in [1.82, 2.24) is 20.4 Å². The van der Waals surface area contributed by atoms with Crippen molar-refractivity contribution in [3.05, 3.63) is 27.8 Å². The van der Waals surface area contributed by atoms with Gasteiger partial charge in [0.25, 0.3) is 0 Å². The van der Waals surface area contributed by atoms with E-state index in [4.69, 9.17) is 4.52 Å². The highest BCUT2D eigenvalue weighted by molar-refractivity contribution is 7.09. The van der Waals surface area contributed by atoms with Gasteiger partial charge in [0.2, 0.25) is 5.89 Å². The molecule has 0 aliphatic rings. The number of aryl methyl sites for hydroxylation is 1. The highest BCUT2D eigenvalue weighted by Gasteiger charge is 2.15. The zero-order valence-corrected chi connectivity index (χ0v) is 11.0. The fourth-order valence-electron chi connectivity index (χ4n) is 1.60. The average molecular weight is 252 g/mol. The van der Waals surface area contributed by atoms with Gasteiger partial charge in [0.1, 0.15) is 5.01 Å². The molecule has 92 valence electrons. The van der Waals surface area contributed by atoms with Gasteiger partial charge in [-0.3, -0.25) is 0 Å². The molecule has 0 spiro atoms. The zero-order chi connectivity index (χ0) is 12.3. The molecule has 2 aromatic rings. The lowest BCUT2D eigenvalue weighted by Gasteiger charge is -2.06. The fraction of sp³-hybridized carbons (Fsp3) is 0.545. The number of rotatable bonds is 5. The van der Waals surface area contributed by atoms with E-state index in [9.17, 15) is 0 Å². The van der Waals surface area contributed by atoms with Crippen molar-refractivity contribution in [3.8, 4) is 0 Å². The molecule has 0 aliphatic heterocycles. The molecule has 0 amide bonds. The molecule has 0 saturated carbocycles. The van der Waals surface area contributed by atoms with Crippen LogP contribution >= 0.6 is 11.3 Å². The van der Waals surface area contributed by atoms with E-state index in [1.807, 2.05) is 19.4 Å². The Kier molecular flexibility index (Phi) is 3.86. The Morgan fingerprint density at radius 3 is 2.88 bits per heavy atom. The second-order valence-corrected chi connectivity index (χ2v) is 4.80. The van der Waals surface area contributed by atoms with E-state index in [1.165, 1.54) is 0 Å². The van der Waals surface area contributed by atoms with E-state index in [0.29, 0.717) is 18.1 Å². The molecule has 0 radical (unpaired) electrons. The summed E-state index contributed by atoms with van der Waals surface area (Å²) in [5.41, 5.74) is 1.04. The summed E-state index contributed by atoms with van der Waals surface area (Å²) in [6.45, 7) is 4.06. The Hall–Kier alpha value is -1.27. The average Bonchev–Trinajstić information content (AvgIpc) is 2.91. The Balaban J connectivity index is 2.08. The molecule has 1 atom stereocenters. The van der Waals surface area contributed by atoms with E-state index < -0.39 is 0 Å². The lowest BCUT2D eigenvalue weighted by atomic mass is 10.2. The van der Waals surface area contributed by atoms with Crippen LogP contribution < -0.4 is 5.32 Å². The van der Waals surface area contributed by atoms with Crippen molar-refractivity contribution < 1.29 is 4.52 Å². The molecule has 0 bridgehead atoms. The van der Waals surface area contributed by atoms with Crippen LogP contribution in [0.4, 0.5) is 0 Å². The third-order valence-electron chi connectivity index (χ3n) is 2.51. The van der Waals surface area contributed by atoms with Crippen molar-refractivity contribution in [2.24, 2.45) is 0 Å². The van der Waals surface area contributed by atoms with Crippen LogP contribution in [0.2, 0.25) is 0 Å². The summed E-state index contributed by atoms with van der Waals surface area (Å²) < 4.78 is 5.24. The van der Waals surface area contributed by atoms with Crippen LogP contribution in [0.15, 0.2) is 9.90 Å². The third-order valence-corrected chi connectivity index (χ3v) is 3.48. The quantitative estimate of drug-likeness (QED) is 0.882. The molecule has 5 nitrogen and oxygen atoms in total. The molecular weight excluding hydrogens is 236 g/mol. The molecular formula is C11H16N4OS. The predicted molar refractivity (Wildman–Crippen MR) is 66.0 cm³/mol. The van der Waals surface area contributed by atoms with Gasteiger partial charge >= 0.3 is 0 Å². The third kappa shape index (κ3) is 2.89. The van der Waals surface area contributed by atoms with Gasteiger partial charge in [0.15, 0.2) is 5.82 Å². The monoisotopic (exact) mass is 252 g/mol. The Bertz CT molecular complexity index is 475. The standard InChI is InChI=1S/C11H16N4OS/c1-4-8(12-3)11-14-9(15-16-11)5-10-13-7(2)6-17-10/h6,8,12H,4-5H2,1-3H3. The first-order valence-electron chi connectivity index (χ1n) is 5.63. The number of hydrogen-bond donors (Lipinski definition) is 1. The molecule has 0 aromatic carbocycles. The Labute approximate surface area is 104 Å². The van der Waals surface area contributed by atoms with E-state index in [1.54, 1.807) is 11.3 Å². The number of hydrogen-bond acceptors (Lipinski definition) is 6. The Morgan fingerprint density at radius 2 is 2.29 bits per heavy atom. The van der Waals surface area contributed by atoms with Crippen molar-refractivity contribution in [2.45, 2.75) is 32.7 Å². The molecule has 0 aliphatic carbocycles. The minimum Gasteiger partial charge on any atom is -0.338 e. The van der Waals surface area contributed by atoms with Crippen LogP contribution in [0.1, 0.15) is 41.8 Å². The second kappa shape index (κ2) is 5.37. The summed E-state index contributed by atoms with van der Waals surface area (Å²) >= 11 is 1.63. The summed E-state index contributed by atoms with van der Waals surface area (Å²) in [5.74, 6) is 1.35. The first kappa shape index (κ1) is 12.2. The van der Waals surface area contributed by atoms with E-state index in [0.717, 1.165) is 17.1 Å². The van der Waals surface area contributed by atoms with Gasteiger partial charge in [0, 0.05) is 11.1 Å². The minimum absolute atomic E-state index is 0.134. The van der Waals surface area contributed by atoms with Gasteiger partial charge in [-0.1, -0.05) is 12.1 Å². The summed E-state index contributed by atoms with van der Waals surface area (Å²) in [5, 5.41) is 10.2. The molecule has 6 heteroatoms. The van der Waals surface area contributed by atoms with E-state index in [-0.39, 0.29) is 6.04 Å². The van der Waals surface area contributed by atoms with Crippen molar-refractivity contribution in [2.75, 3.05) is 7.05 Å². The van der Waals surface area contributed by atoms with Crippen LogP contribution in [0, 0.1) is 6.92 Å². The number of nitrogens with one attached hydrogen (secondary N) is 1. The van der Waals surface area contributed by atoms with Crippen molar-refractivity contribution in [1.29, 1.82) is 0 Å². The normalized spacial score (nSPS) is 12.9. The number of aromatic nitrogens is 3. The summed E-state index contributed by atoms with van der Waals surface area (Å²) in [6, 6.07) is 0.134. The van der Waals surface area contributed by atoms with Crippen LogP contribution in [0.5, 0.6) is 0 Å². The lowest BCUT2D eigenvalue weighted by molar-refractivity contribution is 0.331. The van der Waals surface area contributed by atoms with Crippen molar-refractivity contribution >= 4 is 11.3 Å². The SMILES string of the molecule is CCC(NC)c1nc(Cc2nc(C)cs2)no1. The molecule has 17 heavy (non-hydrogen) atoms. The maximum absolute atomic E-state index is 5.24.